The van der Waals surface area contributed by atoms with Crippen molar-refractivity contribution in [3.05, 3.63) is 27.7 Å². The summed E-state index contributed by atoms with van der Waals surface area (Å²) in [5.41, 5.74) is 1.22. The Morgan fingerprint density at radius 2 is 1.95 bits per heavy atom. The van der Waals surface area contributed by atoms with Gasteiger partial charge in [0, 0.05) is 17.6 Å². The predicted octanol–water partition coefficient (Wildman–Crippen LogP) is 1.93. The molecule has 1 aliphatic heterocycles. The molecule has 1 aromatic rings. The van der Waals surface area contributed by atoms with Gasteiger partial charge in [0.1, 0.15) is 0 Å². The van der Waals surface area contributed by atoms with Gasteiger partial charge in [-0.15, -0.1) is 4.83 Å². The van der Waals surface area contributed by atoms with E-state index in [1.54, 1.807) is 18.0 Å². The van der Waals surface area contributed by atoms with Gasteiger partial charge in [0.05, 0.1) is 11.5 Å². The molecule has 0 amide bonds. The molecule has 0 spiro atoms. The maximum absolute atomic E-state index is 12.5. The number of rotatable bonds is 4. The van der Waals surface area contributed by atoms with Crippen LogP contribution >= 0.6 is 15.9 Å². The van der Waals surface area contributed by atoms with E-state index in [2.05, 4.69) is 20.8 Å². The Hall–Kier alpha value is -0.470. The standard InChI is InChI=1S/C13H19BrN2O3S/c1-10-12(14)7-11(9-17)8-13(10)20(18,19)15-16-5-3-2-4-6-16/h7-8,15,17H,2-6,9H2,1H3. The van der Waals surface area contributed by atoms with E-state index in [9.17, 15) is 13.5 Å². The summed E-state index contributed by atoms with van der Waals surface area (Å²) < 4.78 is 25.7. The van der Waals surface area contributed by atoms with Crippen LogP contribution in [0.15, 0.2) is 21.5 Å². The molecule has 2 rings (SSSR count). The Balaban J connectivity index is 2.30. The molecule has 0 saturated carbocycles. The predicted molar refractivity (Wildman–Crippen MR) is 80.5 cm³/mol. The van der Waals surface area contributed by atoms with Crippen molar-refractivity contribution in [2.75, 3.05) is 13.1 Å². The molecule has 0 radical (unpaired) electrons. The van der Waals surface area contributed by atoms with Crippen LogP contribution in [-0.2, 0) is 16.6 Å². The molecule has 112 valence electrons. The topological polar surface area (TPSA) is 69.6 Å². The van der Waals surface area contributed by atoms with Crippen LogP contribution in [0.1, 0.15) is 30.4 Å². The number of sulfonamides is 1. The van der Waals surface area contributed by atoms with Gasteiger partial charge in [0.2, 0.25) is 0 Å². The average Bonchev–Trinajstić information content (AvgIpc) is 2.42. The fourth-order valence-electron chi connectivity index (χ4n) is 2.28. The molecule has 0 aliphatic carbocycles. The van der Waals surface area contributed by atoms with Crippen molar-refractivity contribution in [2.24, 2.45) is 0 Å². The third-order valence-corrected chi connectivity index (χ3v) is 5.76. The van der Waals surface area contributed by atoms with Crippen LogP contribution in [0.4, 0.5) is 0 Å². The van der Waals surface area contributed by atoms with Crippen LogP contribution < -0.4 is 4.83 Å². The first-order valence-electron chi connectivity index (χ1n) is 6.61. The zero-order valence-corrected chi connectivity index (χ0v) is 13.8. The summed E-state index contributed by atoms with van der Waals surface area (Å²) >= 11 is 3.34. The van der Waals surface area contributed by atoms with Crippen molar-refractivity contribution in [1.29, 1.82) is 0 Å². The molecular formula is C13H19BrN2O3S. The van der Waals surface area contributed by atoms with E-state index < -0.39 is 10.0 Å². The van der Waals surface area contributed by atoms with Gasteiger partial charge in [-0.1, -0.05) is 22.4 Å². The highest BCUT2D eigenvalue weighted by molar-refractivity contribution is 9.10. The van der Waals surface area contributed by atoms with Gasteiger partial charge in [-0.25, -0.2) is 13.4 Å². The lowest BCUT2D eigenvalue weighted by atomic mass is 10.2. The van der Waals surface area contributed by atoms with Crippen LogP contribution in [0.5, 0.6) is 0 Å². The highest BCUT2D eigenvalue weighted by Crippen LogP contribution is 2.26. The Labute approximate surface area is 128 Å². The normalized spacial score (nSPS) is 17.4. The highest BCUT2D eigenvalue weighted by Gasteiger charge is 2.23. The highest BCUT2D eigenvalue weighted by atomic mass is 79.9. The maximum Gasteiger partial charge on any atom is 0.253 e. The Morgan fingerprint density at radius 1 is 1.30 bits per heavy atom. The fraction of sp³-hybridized carbons (Fsp3) is 0.538. The molecule has 1 fully saturated rings. The van der Waals surface area contributed by atoms with Gasteiger partial charge >= 0.3 is 0 Å². The smallest absolute Gasteiger partial charge is 0.253 e. The van der Waals surface area contributed by atoms with Crippen molar-refractivity contribution < 1.29 is 13.5 Å². The fourth-order valence-corrected chi connectivity index (χ4v) is 4.36. The summed E-state index contributed by atoms with van der Waals surface area (Å²) in [5, 5.41) is 11.0. The van der Waals surface area contributed by atoms with Crippen molar-refractivity contribution >= 4 is 26.0 Å². The molecule has 0 bridgehead atoms. The summed E-state index contributed by atoms with van der Waals surface area (Å²) in [7, 11) is -3.61. The number of halogens is 1. The van der Waals surface area contributed by atoms with Gasteiger partial charge in [0.25, 0.3) is 10.0 Å². The van der Waals surface area contributed by atoms with Crippen molar-refractivity contribution in [2.45, 2.75) is 37.7 Å². The van der Waals surface area contributed by atoms with Crippen molar-refractivity contribution in [3.63, 3.8) is 0 Å². The van der Waals surface area contributed by atoms with Crippen LogP contribution in [0.3, 0.4) is 0 Å². The summed E-state index contributed by atoms with van der Waals surface area (Å²) in [6, 6.07) is 3.25. The number of benzene rings is 1. The number of hydrazine groups is 1. The third-order valence-electron chi connectivity index (χ3n) is 3.43. The van der Waals surface area contributed by atoms with Crippen LogP contribution in [0.2, 0.25) is 0 Å². The van der Waals surface area contributed by atoms with E-state index in [0.717, 1.165) is 32.4 Å². The van der Waals surface area contributed by atoms with E-state index in [0.29, 0.717) is 15.6 Å². The number of hydrogen-bond acceptors (Lipinski definition) is 4. The van der Waals surface area contributed by atoms with E-state index in [1.165, 1.54) is 6.07 Å². The lowest BCUT2D eigenvalue weighted by Gasteiger charge is -2.27. The van der Waals surface area contributed by atoms with E-state index in [1.807, 2.05) is 0 Å². The lowest BCUT2D eigenvalue weighted by molar-refractivity contribution is 0.200. The molecule has 1 aromatic carbocycles. The van der Waals surface area contributed by atoms with Crippen molar-refractivity contribution in [1.82, 2.24) is 9.84 Å². The number of aliphatic hydroxyl groups excluding tert-OH is 1. The van der Waals surface area contributed by atoms with Crippen molar-refractivity contribution in [3.8, 4) is 0 Å². The monoisotopic (exact) mass is 362 g/mol. The molecule has 1 heterocycles. The minimum absolute atomic E-state index is 0.189. The maximum atomic E-state index is 12.5. The molecule has 7 heteroatoms. The number of piperidine rings is 1. The Bertz CT molecular complexity index is 584. The summed E-state index contributed by atoms with van der Waals surface area (Å²) in [6.07, 6.45) is 3.15. The quantitative estimate of drug-likeness (QED) is 0.858. The first kappa shape index (κ1) is 15.9. The minimum atomic E-state index is -3.61. The van der Waals surface area contributed by atoms with Gasteiger partial charge in [-0.3, -0.25) is 0 Å². The molecule has 5 nitrogen and oxygen atoms in total. The zero-order valence-electron chi connectivity index (χ0n) is 11.4. The number of hydrogen-bond donors (Lipinski definition) is 2. The zero-order chi connectivity index (χ0) is 14.8. The van der Waals surface area contributed by atoms with Gasteiger partial charge in [-0.2, -0.15) is 0 Å². The van der Waals surface area contributed by atoms with Gasteiger partial charge in [0.15, 0.2) is 0 Å². The molecule has 1 aliphatic rings. The molecule has 20 heavy (non-hydrogen) atoms. The lowest BCUT2D eigenvalue weighted by Crippen LogP contribution is -2.45. The molecule has 0 unspecified atom stereocenters. The minimum Gasteiger partial charge on any atom is -0.392 e. The molecular weight excluding hydrogens is 344 g/mol. The largest absolute Gasteiger partial charge is 0.392 e. The average molecular weight is 363 g/mol. The van der Waals surface area contributed by atoms with E-state index in [4.69, 9.17) is 0 Å². The van der Waals surface area contributed by atoms with E-state index in [-0.39, 0.29) is 11.5 Å². The summed E-state index contributed by atoms with van der Waals surface area (Å²) in [4.78, 5) is 2.84. The third kappa shape index (κ3) is 3.59. The first-order valence-corrected chi connectivity index (χ1v) is 8.89. The second-order valence-corrected chi connectivity index (χ2v) is 7.48. The van der Waals surface area contributed by atoms with Gasteiger partial charge in [-0.05, 0) is 43.0 Å². The first-order chi connectivity index (χ1) is 9.44. The van der Waals surface area contributed by atoms with Gasteiger partial charge < -0.3 is 5.11 Å². The summed E-state index contributed by atoms with van der Waals surface area (Å²) in [5.74, 6) is 0. The van der Waals surface area contributed by atoms with E-state index >= 15 is 0 Å². The SMILES string of the molecule is Cc1c(Br)cc(CO)cc1S(=O)(=O)NN1CCCCC1. The van der Waals surface area contributed by atoms with Crippen LogP contribution in [0, 0.1) is 6.92 Å². The molecule has 0 aromatic heterocycles. The number of nitrogens with zero attached hydrogens (tertiary/aromatic N) is 1. The number of nitrogens with one attached hydrogen (secondary N) is 1. The molecule has 2 N–H and O–H groups in total. The second-order valence-electron chi connectivity index (χ2n) is 5.00. The molecule has 1 saturated heterocycles. The Kier molecular flexibility index (Phi) is 5.19. The Morgan fingerprint density at radius 3 is 2.55 bits per heavy atom. The number of aliphatic hydroxyl groups is 1. The summed E-state index contributed by atoms with van der Waals surface area (Å²) in [6.45, 7) is 3.03. The van der Waals surface area contributed by atoms with Crippen LogP contribution in [-0.4, -0.2) is 31.6 Å². The second kappa shape index (κ2) is 6.53. The molecule has 0 atom stereocenters. The van der Waals surface area contributed by atoms with Crippen LogP contribution in [0.25, 0.3) is 0 Å².